The molecule has 24 heavy (non-hydrogen) atoms. The van der Waals surface area contributed by atoms with Crippen LogP contribution < -0.4 is 10.1 Å². The molecular weight excluding hydrogens is 325 g/mol. The van der Waals surface area contributed by atoms with E-state index in [2.05, 4.69) is 10.1 Å². The number of hydrogen-bond acceptors (Lipinski definition) is 4. The first-order valence-corrected chi connectivity index (χ1v) is 8.16. The van der Waals surface area contributed by atoms with Gasteiger partial charge >= 0.3 is 0 Å². The number of nitrogens with zero attached hydrogens (tertiary/aromatic N) is 3. The third-order valence-electron chi connectivity index (χ3n) is 3.64. The summed E-state index contributed by atoms with van der Waals surface area (Å²) in [6.45, 7) is 2.01. The summed E-state index contributed by atoms with van der Waals surface area (Å²) in [6, 6.07) is 13.9. The molecule has 4 nitrogen and oxygen atoms in total. The molecule has 0 saturated carbocycles. The molecule has 0 unspecified atom stereocenters. The molecule has 0 saturated heterocycles. The van der Waals surface area contributed by atoms with Crippen molar-refractivity contribution >= 4 is 22.4 Å². The molecule has 0 atom stereocenters. The largest absolute Gasteiger partial charge is 0.291 e. The lowest BCUT2D eigenvalue weighted by atomic mass is 10.1. The number of halogens is 1. The van der Waals surface area contributed by atoms with Gasteiger partial charge < -0.3 is 0 Å². The molecule has 0 spiro atoms. The predicted molar refractivity (Wildman–Crippen MR) is 92.5 cm³/mol. The number of benzene rings is 2. The van der Waals surface area contributed by atoms with Gasteiger partial charge in [0, 0.05) is 5.56 Å². The Labute approximate surface area is 140 Å². The van der Waals surface area contributed by atoms with Crippen LogP contribution in [0.2, 0.25) is 0 Å². The first kappa shape index (κ1) is 14.7. The third kappa shape index (κ3) is 2.61. The van der Waals surface area contributed by atoms with Crippen molar-refractivity contribution in [2.75, 3.05) is 0 Å². The molecule has 0 N–H and O–H groups in total. The van der Waals surface area contributed by atoms with Crippen molar-refractivity contribution in [1.82, 2.24) is 14.6 Å². The van der Waals surface area contributed by atoms with Gasteiger partial charge in [-0.05, 0) is 30.7 Å². The van der Waals surface area contributed by atoms with Crippen LogP contribution in [0.1, 0.15) is 11.1 Å². The molecule has 2 heterocycles. The molecule has 0 aliphatic rings. The van der Waals surface area contributed by atoms with Crippen LogP contribution in [0.25, 0.3) is 22.4 Å². The second kappa shape index (κ2) is 5.65. The summed E-state index contributed by atoms with van der Waals surface area (Å²) in [5.74, 6) is 0.188. The minimum atomic E-state index is -0.336. The van der Waals surface area contributed by atoms with Gasteiger partial charge in [0.1, 0.15) is 5.82 Å². The molecule has 4 rings (SSSR count). The van der Waals surface area contributed by atoms with Crippen LogP contribution in [-0.2, 0) is 0 Å². The predicted octanol–water partition coefficient (Wildman–Crippen LogP) is 2.81. The third-order valence-corrected chi connectivity index (χ3v) is 4.60. The van der Waals surface area contributed by atoms with Crippen molar-refractivity contribution in [2.24, 2.45) is 0 Å². The van der Waals surface area contributed by atoms with E-state index in [1.807, 2.05) is 31.2 Å². The number of fused-ring (bicyclic) bond motifs is 1. The Kier molecular flexibility index (Phi) is 3.46. The SMILES string of the molecule is Cc1ccc(-c2nc3sc(=Cc4cccc(F)c4)c(=O)n3n2)cc1. The van der Waals surface area contributed by atoms with Crippen LogP contribution in [0.15, 0.2) is 53.3 Å². The van der Waals surface area contributed by atoms with E-state index in [-0.39, 0.29) is 11.4 Å². The van der Waals surface area contributed by atoms with Crippen LogP contribution in [0, 0.1) is 12.7 Å². The van der Waals surface area contributed by atoms with Gasteiger partial charge in [0.25, 0.3) is 5.56 Å². The fourth-order valence-electron chi connectivity index (χ4n) is 2.41. The maximum absolute atomic E-state index is 13.3. The monoisotopic (exact) mass is 337 g/mol. The number of hydrogen-bond donors (Lipinski definition) is 0. The van der Waals surface area contributed by atoms with Crippen molar-refractivity contribution < 1.29 is 4.39 Å². The summed E-state index contributed by atoms with van der Waals surface area (Å²) in [7, 11) is 0. The van der Waals surface area contributed by atoms with Crippen molar-refractivity contribution in [2.45, 2.75) is 6.92 Å². The first-order chi connectivity index (χ1) is 11.6. The second-order valence-electron chi connectivity index (χ2n) is 5.47. The Bertz CT molecular complexity index is 1150. The summed E-state index contributed by atoms with van der Waals surface area (Å²) in [4.78, 5) is 17.4. The summed E-state index contributed by atoms with van der Waals surface area (Å²) in [6.07, 6.45) is 1.65. The highest BCUT2D eigenvalue weighted by Crippen LogP contribution is 2.17. The van der Waals surface area contributed by atoms with E-state index in [0.29, 0.717) is 20.9 Å². The van der Waals surface area contributed by atoms with Crippen LogP contribution in [0.3, 0.4) is 0 Å². The first-order valence-electron chi connectivity index (χ1n) is 7.34. The highest BCUT2D eigenvalue weighted by atomic mass is 32.1. The van der Waals surface area contributed by atoms with E-state index < -0.39 is 0 Å². The molecule has 0 radical (unpaired) electrons. The summed E-state index contributed by atoms with van der Waals surface area (Å²) >= 11 is 1.24. The van der Waals surface area contributed by atoms with Gasteiger partial charge in [-0.15, -0.1) is 5.10 Å². The minimum Gasteiger partial charge on any atom is -0.266 e. The lowest BCUT2D eigenvalue weighted by molar-refractivity contribution is 0.627. The van der Waals surface area contributed by atoms with Gasteiger partial charge in [-0.1, -0.05) is 53.3 Å². The molecule has 0 aliphatic heterocycles. The van der Waals surface area contributed by atoms with Gasteiger partial charge in [-0.25, -0.2) is 4.39 Å². The lowest BCUT2D eigenvalue weighted by Crippen LogP contribution is -2.23. The number of aryl methyl sites for hydroxylation is 1. The Morgan fingerprint density at radius 2 is 1.96 bits per heavy atom. The van der Waals surface area contributed by atoms with Gasteiger partial charge in [0.05, 0.1) is 4.53 Å². The smallest absolute Gasteiger partial charge is 0.266 e. The number of rotatable bonds is 2. The molecule has 2 aromatic heterocycles. The Balaban J connectivity index is 1.81. The van der Waals surface area contributed by atoms with E-state index in [9.17, 15) is 9.18 Å². The zero-order valence-corrected chi connectivity index (χ0v) is 13.5. The zero-order valence-electron chi connectivity index (χ0n) is 12.7. The van der Waals surface area contributed by atoms with Crippen LogP contribution in [0.4, 0.5) is 4.39 Å². The van der Waals surface area contributed by atoms with E-state index in [4.69, 9.17) is 0 Å². The average molecular weight is 337 g/mol. The van der Waals surface area contributed by atoms with Gasteiger partial charge in [-0.3, -0.25) is 4.79 Å². The Morgan fingerprint density at radius 3 is 2.67 bits per heavy atom. The van der Waals surface area contributed by atoms with E-state index in [0.717, 1.165) is 11.1 Å². The highest BCUT2D eigenvalue weighted by Gasteiger charge is 2.11. The van der Waals surface area contributed by atoms with Crippen molar-refractivity contribution in [3.63, 3.8) is 0 Å². The molecule has 0 amide bonds. The van der Waals surface area contributed by atoms with Crippen molar-refractivity contribution in [1.29, 1.82) is 0 Å². The van der Waals surface area contributed by atoms with Crippen molar-refractivity contribution in [3.05, 3.63) is 80.4 Å². The standard InChI is InChI=1S/C18H12FN3OS/c1-11-5-7-13(8-6-11)16-20-18-22(21-16)17(23)15(24-18)10-12-3-2-4-14(19)9-12/h2-10H,1H3. The van der Waals surface area contributed by atoms with Crippen LogP contribution in [0.5, 0.6) is 0 Å². The lowest BCUT2D eigenvalue weighted by Gasteiger charge is -1.95. The van der Waals surface area contributed by atoms with Crippen LogP contribution >= 0.6 is 11.3 Å². The summed E-state index contributed by atoms with van der Waals surface area (Å²) in [5.41, 5.74) is 2.41. The fourth-order valence-corrected chi connectivity index (χ4v) is 3.31. The Morgan fingerprint density at radius 1 is 1.17 bits per heavy atom. The molecule has 0 fully saturated rings. The minimum absolute atomic E-state index is 0.245. The molecular formula is C18H12FN3OS. The topological polar surface area (TPSA) is 47.3 Å². The van der Waals surface area contributed by atoms with E-state index >= 15 is 0 Å². The van der Waals surface area contributed by atoms with E-state index in [1.165, 1.54) is 28.0 Å². The second-order valence-corrected chi connectivity index (χ2v) is 6.48. The number of aromatic nitrogens is 3. The quantitative estimate of drug-likeness (QED) is 0.565. The normalized spacial score (nSPS) is 12.2. The fraction of sp³-hybridized carbons (Fsp3) is 0.0556. The molecule has 118 valence electrons. The van der Waals surface area contributed by atoms with Gasteiger partial charge in [0.15, 0.2) is 5.82 Å². The molecule has 0 aliphatic carbocycles. The van der Waals surface area contributed by atoms with Gasteiger partial charge in [-0.2, -0.15) is 9.50 Å². The summed E-state index contributed by atoms with van der Waals surface area (Å²) < 4.78 is 15.0. The Hall–Kier alpha value is -2.86. The zero-order chi connectivity index (χ0) is 16.7. The number of thiazole rings is 1. The van der Waals surface area contributed by atoms with Gasteiger partial charge in [0.2, 0.25) is 4.96 Å². The van der Waals surface area contributed by atoms with E-state index in [1.54, 1.807) is 18.2 Å². The molecule has 0 bridgehead atoms. The van der Waals surface area contributed by atoms with Crippen molar-refractivity contribution in [3.8, 4) is 11.4 Å². The molecule has 4 aromatic rings. The maximum atomic E-state index is 13.3. The summed E-state index contributed by atoms with van der Waals surface area (Å²) in [5, 5.41) is 4.30. The van der Waals surface area contributed by atoms with Crippen LogP contribution in [-0.4, -0.2) is 14.6 Å². The molecule has 2 aromatic carbocycles. The maximum Gasteiger partial charge on any atom is 0.291 e. The highest BCUT2D eigenvalue weighted by molar-refractivity contribution is 7.15. The molecule has 6 heteroatoms. The average Bonchev–Trinajstić information content (AvgIpc) is 3.09.